The zero-order chi connectivity index (χ0) is 27.4. The Balaban J connectivity index is 1.27. The number of hydrogen-bond donors (Lipinski definition) is 0. The van der Waals surface area contributed by atoms with Crippen molar-refractivity contribution in [2.45, 2.75) is 0 Å². The summed E-state index contributed by atoms with van der Waals surface area (Å²) in [5.74, 6) is 0. The first kappa shape index (κ1) is 22.1. The van der Waals surface area contributed by atoms with Gasteiger partial charge in [-0.15, -0.1) is 0 Å². The Morgan fingerprint density at radius 2 is 1.10 bits per heavy atom. The highest BCUT2D eigenvalue weighted by Gasteiger charge is 2.23. The number of para-hydroxylation sites is 2. The lowest BCUT2D eigenvalue weighted by atomic mass is 9.94. The molecule has 10 rings (SSSR count). The van der Waals surface area contributed by atoms with E-state index in [9.17, 15) is 0 Å². The van der Waals surface area contributed by atoms with Gasteiger partial charge in [-0.25, -0.2) is 0 Å². The number of rotatable bonds is 2. The minimum atomic E-state index is 0.913. The van der Waals surface area contributed by atoms with E-state index in [0.717, 1.165) is 27.6 Å². The van der Waals surface area contributed by atoms with Crippen LogP contribution in [0.1, 0.15) is 0 Å². The summed E-state index contributed by atoms with van der Waals surface area (Å²) in [6.07, 6.45) is 0. The fourth-order valence-corrected chi connectivity index (χ4v) is 7.41. The smallest absolute Gasteiger partial charge is 0.137 e. The third-order valence-electron chi connectivity index (χ3n) is 9.14. The molecule has 0 aliphatic heterocycles. The molecule has 42 heavy (non-hydrogen) atoms. The van der Waals surface area contributed by atoms with Crippen LogP contribution < -0.4 is 0 Å². The molecule has 0 amide bonds. The molecular weight excluding hydrogens is 510 g/mol. The second-order valence-electron chi connectivity index (χ2n) is 11.3. The normalized spacial score (nSPS) is 12.3. The average Bonchev–Trinajstić information content (AvgIpc) is 3.70. The second kappa shape index (κ2) is 7.99. The molecule has 0 bridgehead atoms. The summed E-state index contributed by atoms with van der Waals surface area (Å²) in [7, 11) is 0. The topological polar surface area (TPSA) is 18.1 Å². The lowest BCUT2D eigenvalue weighted by Gasteiger charge is -2.13. The van der Waals surface area contributed by atoms with E-state index in [2.05, 4.69) is 138 Å². The maximum absolute atomic E-state index is 6.33. The molecule has 0 N–H and O–H groups in total. The van der Waals surface area contributed by atoms with Gasteiger partial charge >= 0.3 is 0 Å². The molecule has 0 atom stereocenters. The molecule has 194 valence electrons. The maximum Gasteiger partial charge on any atom is 0.137 e. The predicted molar refractivity (Wildman–Crippen MR) is 175 cm³/mol. The van der Waals surface area contributed by atoms with E-state index in [0.29, 0.717) is 0 Å². The van der Waals surface area contributed by atoms with Crippen LogP contribution in [0.25, 0.3) is 93.6 Å². The van der Waals surface area contributed by atoms with Crippen LogP contribution in [0.3, 0.4) is 0 Å². The Kier molecular flexibility index (Phi) is 4.21. The molecule has 0 radical (unpaired) electrons. The first-order valence-electron chi connectivity index (χ1n) is 14.4. The Morgan fingerprint density at radius 3 is 2.00 bits per heavy atom. The maximum atomic E-state index is 6.33. The van der Waals surface area contributed by atoms with Crippen molar-refractivity contribution < 1.29 is 4.42 Å². The molecule has 0 fully saturated rings. The Labute approximate surface area is 241 Å². The largest absolute Gasteiger partial charge is 0.456 e. The summed E-state index contributed by atoms with van der Waals surface area (Å²) in [6, 6.07) is 50.5. The van der Waals surface area contributed by atoms with Gasteiger partial charge in [-0.2, -0.15) is 0 Å². The van der Waals surface area contributed by atoms with E-state index in [1.54, 1.807) is 0 Å². The molecule has 2 heteroatoms. The van der Waals surface area contributed by atoms with E-state index in [-0.39, 0.29) is 0 Å². The number of aromatic nitrogens is 1. The van der Waals surface area contributed by atoms with Gasteiger partial charge in [0.2, 0.25) is 0 Å². The molecule has 0 unspecified atom stereocenters. The molecule has 0 saturated carbocycles. The van der Waals surface area contributed by atoms with Gasteiger partial charge in [-0.3, -0.25) is 0 Å². The molecule has 7 aromatic carbocycles. The van der Waals surface area contributed by atoms with Crippen LogP contribution in [0.5, 0.6) is 0 Å². The van der Waals surface area contributed by atoms with Crippen molar-refractivity contribution in [3.63, 3.8) is 0 Å². The molecule has 0 spiro atoms. The van der Waals surface area contributed by atoms with Crippen molar-refractivity contribution >= 4 is 54.5 Å². The van der Waals surface area contributed by atoms with E-state index < -0.39 is 0 Å². The average molecular weight is 534 g/mol. The standard InChI is InChI=1S/C40H23NO/c1-2-12-28-27(11-1)31-16-8-15-30-26(19-20-32(28)38(30)31)24-9-7-10-25(23-24)41-35-17-5-3-13-29(35)33-21-22-37-39(40(33)41)34-14-4-6-18-36(34)42-37/h1-23H. The first-order chi connectivity index (χ1) is 20.8. The molecule has 0 saturated heterocycles. The van der Waals surface area contributed by atoms with Crippen molar-refractivity contribution in [3.8, 4) is 39.1 Å². The molecule has 1 aliphatic rings. The highest BCUT2D eigenvalue weighted by molar-refractivity contribution is 6.24. The zero-order valence-electron chi connectivity index (χ0n) is 22.6. The van der Waals surface area contributed by atoms with Crippen LogP contribution in [-0.4, -0.2) is 4.57 Å². The minimum absolute atomic E-state index is 0.913. The molecule has 2 heterocycles. The van der Waals surface area contributed by atoms with E-state index in [1.165, 1.54) is 66.0 Å². The molecule has 1 aliphatic carbocycles. The van der Waals surface area contributed by atoms with Gasteiger partial charge in [-0.05, 0) is 80.6 Å². The van der Waals surface area contributed by atoms with Crippen molar-refractivity contribution in [2.75, 3.05) is 0 Å². The number of furan rings is 1. The Morgan fingerprint density at radius 1 is 0.405 bits per heavy atom. The summed E-state index contributed by atoms with van der Waals surface area (Å²) in [5.41, 5.74) is 13.1. The van der Waals surface area contributed by atoms with Gasteiger partial charge in [-0.1, -0.05) is 103 Å². The quantitative estimate of drug-likeness (QED) is 0.216. The Bertz CT molecular complexity index is 2550. The fraction of sp³-hybridized carbons (Fsp3) is 0. The second-order valence-corrected chi connectivity index (χ2v) is 11.3. The van der Waals surface area contributed by atoms with Crippen LogP contribution in [0.2, 0.25) is 0 Å². The van der Waals surface area contributed by atoms with Crippen LogP contribution in [0, 0.1) is 0 Å². The van der Waals surface area contributed by atoms with Gasteiger partial charge < -0.3 is 8.98 Å². The monoisotopic (exact) mass is 533 g/mol. The summed E-state index contributed by atoms with van der Waals surface area (Å²) in [5, 5.41) is 7.43. The Hall–Kier alpha value is -5.60. The predicted octanol–water partition coefficient (Wildman–Crippen LogP) is 11.2. The van der Waals surface area contributed by atoms with Crippen molar-refractivity contribution in [1.82, 2.24) is 4.57 Å². The van der Waals surface area contributed by atoms with Crippen LogP contribution in [0.15, 0.2) is 144 Å². The van der Waals surface area contributed by atoms with Gasteiger partial charge in [0, 0.05) is 21.8 Å². The minimum Gasteiger partial charge on any atom is -0.456 e. The fourth-order valence-electron chi connectivity index (χ4n) is 7.41. The number of fused-ring (bicyclic) bond motifs is 10. The van der Waals surface area contributed by atoms with Gasteiger partial charge in [0.1, 0.15) is 11.2 Å². The third kappa shape index (κ3) is 2.78. The summed E-state index contributed by atoms with van der Waals surface area (Å²) in [4.78, 5) is 0. The molecule has 2 aromatic heterocycles. The van der Waals surface area contributed by atoms with Gasteiger partial charge in [0.25, 0.3) is 0 Å². The number of nitrogens with zero attached hydrogens (tertiary/aromatic N) is 1. The molecular formula is C40H23NO. The van der Waals surface area contributed by atoms with Crippen molar-refractivity contribution in [3.05, 3.63) is 140 Å². The molecule has 2 nitrogen and oxygen atoms in total. The van der Waals surface area contributed by atoms with Crippen LogP contribution in [-0.2, 0) is 0 Å². The van der Waals surface area contributed by atoms with E-state index in [4.69, 9.17) is 4.42 Å². The highest BCUT2D eigenvalue weighted by Crippen LogP contribution is 2.49. The van der Waals surface area contributed by atoms with E-state index in [1.807, 2.05) is 6.07 Å². The molecule has 9 aromatic rings. The third-order valence-corrected chi connectivity index (χ3v) is 9.14. The lowest BCUT2D eigenvalue weighted by molar-refractivity contribution is 0.669. The highest BCUT2D eigenvalue weighted by atomic mass is 16.3. The SMILES string of the molecule is c1cc(-c2ccc3c4c(cccc24)-c2ccccc2-3)cc(-n2c3ccccc3c3ccc4oc5ccccc5c4c32)c1. The van der Waals surface area contributed by atoms with Crippen LogP contribution in [0.4, 0.5) is 0 Å². The van der Waals surface area contributed by atoms with Crippen molar-refractivity contribution in [2.24, 2.45) is 0 Å². The van der Waals surface area contributed by atoms with Crippen LogP contribution >= 0.6 is 0 Å². The van der Waals surface area contributed by atoms with Crippen molar-refractivity contribution in [1.29, 1.82) is 0 Å². The van der Waals surface area contributed by atoms with E-state index >= 15 is 0 Å². The number of hydrogen-bond acceptors (Lipinski definition) is 1. The lowest BCUT2D eigenvalue weighted by Crippen LogP contribution is -1.95. The summed E-state index contributed by atoms with van der Waals surface area (Å²) >= 11 is 0. The van der Waals surface area contributed by atoms with Gasteiger partial charge in [0.15, 0.2) is 0 Å². The summed E-state index contributed by atoms with van der Waals surface area (Å²) in [6.45, 7) is 0. The first-order valence-corrected chi connectivity index (χ1v) is 14.4. The zero-order valence-corrected chi connectivity index (χ0v) is 22.6. The summed E-state index contributed by atoms with van der Waals surface area (Å²) < 4.78 is 8.76. The number of benzene rings is 7. The van der Waals surface area contributed by atoms with Gasteiger partial charge in [0.05, 0.1) is 16.4 Å².